The maximum absolute atomic E-state index is 7.19. The first kappa shape index (κ1) is 19.9. The predicted octanol–water partition coefficient (Wildman–Crippen LogP) is 4.12. The van der Waals surface area contributed by atoms with Crippen molar-refractivity contribution in [3.05, 3.63) is 52.2 Å². The van der Waals surface area contributed by atoms with Crippen molar-refractivity contribution in [2.45, 2.75) is 42.7 Å². The Morgan fingerprint density at radius 2 is 1.88 bits per heavy atom. The van der Waals surface area contributed by atoms with E-state index in [0.717, 1.165) is 38.9 Å². The van der Waals surface area contributed by atoms with Crippen LogP contribution in [0.3, 0.4) is 0 Å². The van der Waals surface area contributed by atoms with E-state index in [2.05, 4.69) is 59.2 Å². The molecule has 2 heterocycles. The summed E-state index contributed by atoms with van der Waals surface area (Å²) in [6, 6.07) is 11.6. The summed E-state index contributed by atoms with van der Waals surface area (Å²) in [5, 5.41) is 4.37. The molecule has 1 saturated heterocycles. The van der Waals surface area contributed by atoms with E-state index in [1.165, 1.54) is 16.0 Å². The van der Waals surface area contributed by atoms with Gasteiger partial charge in [-0.2, -0.15) is 11.3 Å². The summed E-state index contributed by atoms with van der Waals surface area (Å²) in [6.45, 7) is 5.27. The van der Waals surface area contributed by atoms with E-state index in [1.54, 1.807) is 23.1 Å². The number of nitrogens with zero attached hydrogens (tertiary/aromatic N) is 1. The van der Waals surface area contributed by atoms with Gasteiger partial charge in [0.05, 0.1) is 5.54 Å². The Kier molecular flexibility index (Phi) is 6.81. The number of piperidine rings is 1. The van der Waals surface area contributed by atoms with Crippen LogP contribution in [0.2, 0.25) is 0 Å². The number of benzene rings is 1. The minimum Gasteiger partial charge on any atom is -0.330 e. The van der Waals surface area contributed by atoms with Gasteiger partial charge in [0, 0.05) is 10.9 Å². The van der Waals surface area contributed by atoms with Crippen LogP contribution in [0.25, 0.3) is 0 Å². The van der Waals surface area contributed by atoms with Gasteiger partial charge in [-0.05, 0) is 98.1 Å². The highest BCUT2D eigenvalue weighted by atomic mass is 32.2. The molecule has 0 bridgehead atoms. The van der Waals surface area contributed by atoms with Gasteiger partial charge < -0.3 is 16.4 Å². The number of thiophene rings is 1. The molecule has 1 aromatic carbocycles. The summed E-state index contributed by atoms with van der Waals surface area (Å²) in [5.74, 6) is 0.457. The predicted molar refractivity (Wildman–Crippen MR) is 115 cm³/mol. The second-order valence-corrected chi connectivity index (χ2v) is 9.01. The first-order valence-electron chi connectivity index (χ1n) is 9.49. The van der Waals surface area contributed by atoms with Gasteiger partial charge in [-0.1, -0.05) is 12.1 Å². The molecule has 2 atom stereocenters. The Bertz CT molecular complexity index is 663. The molecule has 1 aliphatic heterocycles. The van der Waals surface area contributed by atoms with Crippen LogP contribution in [-0.4, -0.2) is 36.8 Å². The fourth-order valence-electron chi connectivity index (χ4n) is 4.22. The molecule has 1 aliphatic rings. The molecule has 0 amide bonds. The lowest BCUT2D eigenvalue weighted by Crippen LogP contribution is -2.51. The molecule has 26 heavy (non-hydrogen) atoms. The summed E-state index contributed by atoms with van der Waals surface area (Å²) in [5.41, 5.74) is 15.0. The third kappa shape index (κ3) is 4.02. The van der Waals surface area contributed by atoms with E-state index in [-0.39, 0.29) is 0 Å². The molecular formula is C21H31N3S2. The largest absolute Gasteiger partial charge is 0.330 e. The number of hydrogen-bond acceptors (Lipinski definition) is 5. The van der Waals surface area contributed by atoms with E-state index < -0.39 is 5.54 Å². The van der Waals surface area contributed by atoms with Crippen LogP contribution in [0.5, 0.6) is 0 Å². The van der Waals surface area contributed by atoms with Gasteiger partial charge in [-0.25, -0.2) is 0 Å². The molecule has 4 N–H and O–H groups in total. The highest BCUT2D eigenvalue weighted by molar-refractivity contribution is 7.98. The molecule has 5 heteroatoms. The van der Waals surface area contributed by atoms with Crippen molar-refractivity contribution >= 4 is 23.1 Å². The molecule has 142 valence electrons. The zero-order valence-electron chi connectivity index (χ0n) is 15.9. The van der Waals surface area contributed by atoms with Gasteiger partial charge in [0.1, 0.15) is 0 Å². The van der Waals surface area contributed by atoms with E-state index in [4.69, 9.17) is 11.5 Å². The lowest BCUT2D eigenvalue weighted by Gasteiger charge is -2.44. The molecule has 1 fully saturated rings. The van der Waals surface area contributed by atoms with Crippen LogP contribution in [0, 0.1) is 5.92 Å². The molecule has 0 saturated carbocycles. The van der Waals surface area contributed by atoms with Gasteiger partial charge in [-0.3, -0.25) is 0 Å². The Morgan fingerprint density at radius 1 is 1.19 bits per heavy atom. The van der Waals surface area contributed by atoms with Crippen LogP contribution < -0.4 is 11.5 Å². The standard InChI is InChI=1S/C21H31N3S2/c1-16(7-11-22)24-12-8-18(9-13-24)21(23,19-10-14-26-15-19)17-3-5-20(25-2)6-4-17/h3-6,10,14-16,18H,7-9,11-13,22-23H2,1-2H3/t16-,21?/m1/s1. The lowest BCUT2D eigenvalue weighted by molar-refractivity contribution is 0.109. The van der Waals surface area contributed by atoms with E-state index >= 15 is 0 Å². The van der Waals surface area contributed by atoms with Gasteiger partial charge in [0.15, 0.2) is 0 Å². The van der Waals surface area contributed by atoms with Gasteiger partial charge >= 0.3 is 0 Å². The molecule has 1 aromatic heterocycles. The van der Waals surface area contributed by atoms with Crippen molar-refractivity contribution in [1.29, 1.82) is 0 Å². The molecule has 0 radical (unpaired) electrons. The number of thioether (sulfide) groups is 1. The van der Waals surface area contributed by atoms with E-state index in [0.29, 0.717) is 12.0 Å². The maximum atomic E-state index is 7.19. The first-order chi connectivity index (χ1) is 12.6. The molecule has 0 aliphatic carbocycles. The second kappa shape index (κ2) is 8.89. The molecule has 0 spiro atoms. The third-order valence-electron chi connectivity index (χ3n) is 5.95. The minimum atomic E-state index is -0.403. The normalized spacial score (nSPS) is 20.0. The van der Waals surface area contributed by atoms with Crippen LogP contribution in [0.15, 0.2) is 46.0 Å². The van der Waals surface area contributed by atoms with Crippen LogP contribution in [-0.2, 0) is 5.54 Å². The molecule has 3 nitrogen and oxygen atoms in total. The molecule has 3 rings (SSSR count). The number of rotatable bonds is 7. The van der Waals surface area contributed by atoms with Crippen LogP contribution in [0.1, 0.15) is 37.3 Å². The van der Waals surface area contributed by atoms with Crippen LogP contribution in [0.4, 0.5) is 0 Å². The van der Waals surface area contributed by atoms with Crippen molar-refractivity contribution in [3.63, 3.8) is 0 Å². The van der Waals surface area contributed by atoms with Gasteiger partial charge in [0.2, 0.25) is 0 Å². The topological polar surface area (TPSA) is 55.3 Å². The van der Waals surface area contributed by atoms with Crippen molar-refractivity contribution < 1.29 is 0 Å². The number of hydrogen-bond donors (Lipinski definition) is 2. The first-order valence-corrected chi connectivity index (χ1v) is 11.7. The zero-order chi connectivity index (χ0) is 18.6. The summed E-state index contributed by atoms with van der Waals surface area (Å²) in [6.07, 6.45) is 5.44. The van der Waals surface area contributed by atoms with Gasteiger partial charge in [0.25, 0.3) is 0 Å². The minimum absolute atomic E-state index is 0.403. The fraction of sp³-hybridized carbons (Fsp3) is 0.524. The number of likely N-dealkylation sites (tertiary alicyclic amines) is 1. The Labute approximate surface area is 166 Å². The van der Waals surface area contributed by atoms with Crippen molar-refractivity contribution in [2.24, 2.45) is 17.4 Å². The summed E-state index contributed by atoms with van der Waals surface area (Å²) in [4.78, 5) is 3.86. The van der Waals surface area contributed by atoms with E-state index in [9.17, 15) is 0 Å². The van der Waals surface area contributed by atoms with Crippen molar-refractivity contribution in [3.8, 4) is 0 Å². The number of nitrogens with two attached hydrogens (primary N) is 2. The maximum Gasteiger partial charge on any atom is 0.0703 e. The van der Waals surface area contributed by atoms with Crippen molar-refractivity contribution in [2.75, 3.05) is 25.9 Å². The average molecular weight is 390 g/mol. The van der Waals surface area contributed by atoms with Gasteiger partial charge in [-0.15, -0.1) is 11.8 Å². The Morgan fingerprint density at radius 3 is 2.42 bits per heavy atom. The Hall–Kier alpha value is -0.850. The summed E-state index contributed by atoms with van der Waals surface area (Å²) in [7, 11) is 0. The fourth-order valence-corrected chi connectivity index (χ4v) is 5.36. The SMILES string of the molecule is CSc1ccc(C(N)(c2ccsc2)C2CCN([C@H](C)CCN)CC2)cc1. The summed E-state index contributed by atoms with van der Waals surface area (Å²) >= 11 is 3.51. The zero-order valence-corrected chi connectivity index (χ0v) is 17.5. The molecular weight excluding hydrogens is 358 g/mol. The molecule has 2 aromatic rings. The smallest absolute Gasteiger partial charge is 0.0703 e. The average Bonchev–Trinajstić information content (AvgIpc) is 3.23. The highest BCUT2D eigenvalue weighted by Gasteiger charge is 2.40. The molecule has 1 unspecified atom stereocenters. The van der Waals surface area contributed by atoms with Crippen LogP contribution >= 0.6 is 23.1 Å². The third-order valence-corrected chi connectivity index (χ3v) is 7.37. The quantitative estimate of drug-likeness (QED) is 0.699. The highest BCUT2D eigenvalue weighted by Crippen LogP contribution is 2.41. The van der Waals surface area contributed by atoms with E-state index in [1.807, 2.05) is 0 Å². The Balaban J connectivity index is 1.84. The van der Waals surface area contributed by atoms with Crippen molar-refractivity contribution in [1.82, 2.24) is 4.90 Å². The summed E-state index contributed by atoms with van der Waals surface area (Å²) < 4.78 is 0. The lowest BCUT2D eigenvalue weighted by atomic mass is 9.70. The second-order valence-electron chi connectivity index (χ2n) is 7.35. The monoisotopic (exact) mass is 389 g/mol.